The van der Waals surface area contributed by atoms with Gasteiger partial charge < -0.3 is 5.32 Å². The fraction of sp³-hybridized carbons (Fsp3) is 0.833. The van der Waals surface area contributed by atoms with Crippen molar-refractivity contribution in [3.8, 4) is 0 Å². The minimum atomic E-state index is 0.694. The first-order valence-electron chi connectivity index (χ1n) is 8.94. The number of aromatic nitrogens is 2. The third-order valence-corrected chi connectivity index (χ3v) is 5.65. The molecule has 3 rings (SSSR count). The monoisotopic (exact) mass is 289 g/mol. The highest BCUT2D eigenvalue weighted by Crippen LogP contribution is 2.43. The Morgan fingerprint density at radius 1 is 1.29 bits per heavy atom. The van der Waals surface area contributed by atoms with E-state index in [4.69, 9.17) is 0 Å². The van der Waals surface area contributed by atoms with Crippen molar-refractivity contribution in [1.29, 1.82) is 0 Å². The fourth-order valence-electron chi connectivity index (χ4n) is 4.01. The van der Waals surface area contributed by atoms with Crippen LogP contribution in [0.5, 0.6) is 0 Å². The van der Waals surface area contributed by atoms with Crippen molar-refractivity contribution in [2.45, 2.75) is 71.4 Å². The van der Waals surface area contributed by atoms with Crippen molar-refractivity contribution in [2.75, 3.05) is 6.54 Å². The summed E-state index contributed by atoms with van der Waals surface area (Å²) in [6.07, 6.45) is 8.90. The molecule has 0 bridgehead atoms. The number of aryl methyl sites for hydroxylation is 1. The summed E-state index contributed by atoms with van der Waals surface area (Å²) in [5.41, 5.74) is 1.48. The van der Waals surface area contributed by atoms with Crippen molar-refractivity contribution in [1.82, 2.24) is 15.1 Å². The smallest absolute Gasteiger partial charge is 0.0492 e. The zero-order valence-electron chi connectivity index (χ0n) is 13.9. The lowest BCUT2D eigenvalue weighted by atomic mass is 9.69. The summed E-state index contributed by atoms with van der Waals surface area (Å²) in [5.74, 6) is 3.18. The van der Waals surface area contributed by atoms with Crippen LogP contribution < -0.4 is 5.32 Å². The molecule has 1 N–H and O–H groups in total. The topological polar surface area (TPSA) is 29.9 Å². The van der Waals surface area contributed by atoms with Crippen molar-refractivity contribution in [3.05, 3.63) is 18.0 Å². The van der Waals surface area contributed by atoms with Gasteiger partial charge in [0.05, 0.1) is 0 Å². The van der Waals surface area contributed by atoms with Gasteiger partial charge in [-0.05, 0) is 69.4 Å². The molecule has 21 heavy (non-hydrogen) atoms. The molecule has 2 saturated carbocycles. The summed E-state index contributed by atoms with van der Waals surface area (Å²) in [6.45, 7) is 9.18. The molecule has 0 spiro atoms. The Kier molecular flexibility index (Phi) is 4.68. The molecule has 1 aromatic heterocycles. The van der Waals surface area contributed by atoms with E-state index in [9.17, 15) is 0 Å². The lowest BCUT2D eigenvalue weighted by Gasteiger charge is -2.38. The molecule has 2 aliphatic carbocycles. The molecule has 2 fully saturated rings. The first-order chi connectivity index (χ1) is 10.2. The van der Waals surface area contributed by atoms with Gasteiger partial charge in [0.1, 0.15) is 0 Å². The highest BCUT2D eigenvalue weighted by molar-refractivity contribution is 5.12. The molecule has 1 aromatic rings. The Hall–Kier alpha value is -0.830. The summed E-state index contributed by atoms with van der Waals surface area (Å²) in [4.78, 5) is 0. The van der Waals surface area contributed by atoms with Gasteiger partial charge in [0, 0.05) is 30.4 Å². The summed E-state index contributed by atoms with van der Waals surface area (Å²) < 4.78 is 2.22. The van der Waals surface area contributed by atoms with Crippen molar-refractivity contribution in [3.63, 3.8) is 0 Å². The first kappa shape index (κ1) is 15.1. The number of hydrogen-bond acceptors (Lipinski definition) is 2. The van der Waals surface area contributed by atoms with Crippen LogP contribution >= 0.6 is 0 Å². The lowest BCUT2D eigenvalue weighted by Crippen LogP contribution is -2.35. The van der Waals surface area contributed by atoms with E-state index in [1.165, 1.54) is 44.3 Å². The molecule has 3 nitrogen and oxygen atoms in total. The van der Waals surface area contributed by atoms with E-state index in [1.54, 1.807) is 0 Å². The maximum absolute atomic E-state index is 4.52. The van der Waals surface area contributed by atoms with Crippen molar-refractivity contribution >= 4 is 0 Å². The highest BCUT2D eigenvalue weighted by Gasteiger charge is 2.35. The van der Waals surface area contributed by atoms with Gasteiger partial charge in [-0.3, -0.25) is 4.68 Å². The highest BCUT2D eigenvalue weighted by atomic mass is 15.3. The van der Waals surface area contributed by atoms with Crippen LogP contribution in [0.25, 0.3) is 0 Å². The van der Waals surface area contributed by atoms with Crippen LogP contribution in [0.15, 0.2) is 12.3 Å². The van der Waals surface area contributed by atoms with Gasteiger partial charge in [-0.25, -0.2) is 0 Å². The summed E-state index contributed by atoms with van der Waals surface area (Å²) in [5, 5.41) is 8.29. The Balaban J connectivity index is 1.74. The zero-order chi connectivity index (χ0) is 14.8. The van der Waals surface area contributed by atoms with Crippen LogP contribution in [0.1, 0.15) is 64.5 Å². The zero-order valence-corrected chi connectivity index (χ0v) is 13.9. The van der Waals surface area contributed by atoms with Crippen molar-refractivity contribution < 1.29 is 0 Å². The molecular formula is C18H31N3. The maximum Gasteiger partial charge on any atom is 0.0492 e. The van der Waals surface area contributed by atoms with Crippen molar-refractivity contribution in [2.24, 2.45) is 17.8 Å². The number of hydrogen-bond donors (Lipinski definition) is 1. The molecule has 0 aromatic carbocycles. The Bertz CT molecular complexity index is 447. The van der Waals surface area contributed by atoms with E-state index in [2.05, 4.69) is 41.9 Å². The minimum absolute atomic E-state index is 0.694. The number of nitrogens with one attached hydrogen (secondary N) is 1. The van der Waals surface area contributed by atoms with E-state index in [0.29, 0.717) is 5.92 Å². The minimum Gasteiger partial charge on any atom is -0.314 e. The van der Waals surface area contributed by atoms with Crippen LogP contribution in [0.2, 0.25) is 0 Å². The van der Waals surface area contributed by atoms with E-state index in [1.807, 2.05) is 6.20 Å². The van der Waals surface area contributed by atoms with Gasteiger partial charge in [-0.15, -0.1) is 0 Å². The first-order valence-corrected chi connectivity index (χ1v) is 8.94. The Labute approximate surface area is 129 Å². The number of nitrogens with zero attached hydrogens (tertiary/aromatic N) is 2. The van der Waals surface area contributed by atoms with Crippen LogP contribution in [-0.2, 0) is 6.54 Å². The normalized spacial score (nSPS) is 30.0. The average molecular weight is 289 g/mol. The van der Waals surface area contributed by atoms with Gasteiger partial charge in [-0.1, -0.05) is 13.8 Å². The van der Waals surface area contributed by atoms with Crippen LogP contribution in [0, 0.1) is 17.8 Å². The SMILES string of the molecule is CCn1nccc1C1CC(C(C)C)CCC1CNC1CC1. The van der Waals surface area contributed by atoms with Crippen LogP contribution in [-0.4, -0.2) is 22.4 Å². The number of rotatable bonds is 6. The predicted octanol–water partition coefficient (Wildman–Crippen LogP) is 3.81. The third kappa shape index (κ3) is 3.50. The van der Waals surface area contributed by atoms with Gasteiger partial charge in [-0.2, -0.15) is 5.10 Å². The molecule has 0 saturated heterocycles. The second-order valence-corrected chi connectivity index (χ2v) is 7.44. The van der Waals surface area contributed by atoms with E-state index >= 15 is 0 Å². The van der Waals surface area contributed by atoms with E-state index in [0.717, 1.165) is 30.3 Å². The predicted molar refractivity (Wildman–Crippen MR) is 87.3 cm³/mol. The summed E-state index contributed by atoms with van der Waals surface area (Å²) >= 11 is 0. The lowest BCUT2D eigenvalue weighted by molar-refractivity contribution is 0.184. The van der Waals surface area contributed by atoms with Gasteiger partial charge in [0.2, 0.25) is 0 Å². The average Bonchev–Trinajstić information content (AvgIpc) is 3.20. The molecule has 0 amide bonds. The molecule has 0 aliphatic heterocycles. The molecule has 1 heterocycles. The Morgan fingerprint density at radius 2 is 2.10 bits per heavy atom. The van der Waals surface area contributed by atoms with Crippen LogP contribution in [0.4, 0.5) is 0 Å². The second-order valence-electron chi connectivity index (χ2n) is 7.44. The Morgan fingerprint density at radius 3 is 2.76 bits per heavy atom. The molecule has 3 heteroatoms. The van der Waals surface area contributed by atoms with E-state index in [-0.39, 0.29) is 0 Å². The maximum atomic E-state index is 4.52. The van der Waals surface area contributed by atoms with Gasteiger partial charge >= 0.3 is 0 Å². The quantitative estimate of drug-likeness (QED) is 0.863. The molecule has 0 radical (unpaired) electrons. The largest absolute Gasteiger partial charge is 0.314 e. The summed E-state index contributed by atoms with van der Waals surface area (Å²) in [7, 11) is 0. The molecule has 3 unspecified atom stereocenters. The molecule has 3 atom stereocenters. The summed E-state index contributed by atoms with van der Waals surface area (Å²) in [6, 6.07) is 3.09. The molecule has 2 aliphatic rings. The standard InChI is InChI=1S/C18H31N3/c1-4-21-18(9-10-20-21)17-11-14(13(2)3)5-6-15(17)12-19-16-7-8-16/h9-10,13-17,19H,4-8,11-12H2,1-3H3. The molecule has 118 valence electrons. The van der Waals surface area contributed by atoms with Gasteiger partial charge in [0.15, 0.2) is 0 Å². The second kappa shape index (κ2) is 6.51. The molecular weight excluding hydrogens is 258 g/mol. The van der Waals surface area contributed by atoms with Crippen LogP contribution in [0.3, 0.4) is 0 Å². The fourth-order valence-corrected chi connectivity index (χ4v) is 4.01. The van der Waals surface area contributed by atoms with Gasteiger partial charge in [0.25, 0.3) is 0 Å². The third-order valence-electron chi connectivity index (χ3n) is 5.65. The van der Waals surface area contributed by atoms with E-state index < -0.39 is 0 Å².